The molecule has 0 fully saturated rings. The molecule has 1 unspecified atom stereocenters. The highest BCUT2D eigenvalue weighted by atomic mass is 32.2. The van der Waals surface area contributed by atoms with E-state index in [1.807, 2.05) is 0 Å². The van der Waals surface area contributed by atoms with Crippen LogP contribution in [0.3, 0.4) is 0 Å². The predicted molar refractivity (Wildman–Crippen MR) is 76.9 cm³/mol. The first-order chi connectivity index (χ1) is 9.25. The van der Waals surface area contributed by atoms with Crippen molar-refractivity contribution >= 4 is 26.8 Å². The molecule has 0 amide bonds. The molecule has 0 saturated heterocycles. The molecule has 0 aromatic heterocycles. The van der Waals surface area contributed by atoms with Gasteiger partial charge in [0.1, 0.15) is 0 Å². The third kappa shape index (κ3) is 4.39. The van der Waals surface area contributed by atoms with Crippen LogP contribution in [0.25, 0.3) is 0 Å². The van der Waals surface area contributed by atoms with Gasteiger partial charge >= 0.3 is 5.97 Å². The number of rotatable bonds is 7. The highest BCUT2D eigenvalue weighted by molar-refractivity contribution is 7.89. The van der Waals surface area contributed by atoms with Crippen molar-refractivity contribution in [1.29, 1.82) is 0 Å². The van der Waals surface area contributed by atoms with Crippen LogP contribution in [-0.4, -0.2) is 42.3 Å². The number of sulfonamides is 1. The lowest BCUT2D eigenvalue weighted by atomic mass is 10.1. The van der Waals surface area contributed by atoms with E-state index in [9.17, 15) is 17.4 Å². The Labute approximate surface area is 120 Å². The average molecular weight is 319 g/mol. The Morgan fingerprint density at radius 2 is 2.05 bits per heavy atom. The molecule has 0 radical (unpaired) electrons. The SMILES string of the molecule is Cc1c(C(=O)O)cccc1S(=O)(=O)NCCCS(C)=O. The van der Waals surface area contributed by atoms with Gasteiger partial charge in [0.15, 0.2) is 0 Å². The molecule has 0 saturated carbocycles. The Bertz CT molecular complexity index is 625. The molecule has 1 aromatic rings. The van der Waals surface area contributed by atoms with Crippen molar-refractivity contribution in [2.24, 2.45) is 0 Å². The third-order valence-electron chi connectivity index (χ3n) is 2.70. The normalized spacial score (nSPS) is 13.1. The minimum absolute atomic E-state index is 0.0393. The quantitative estimate of drug-likeness (QED) is 0.722. The molecular weight excluding hydrogens is 302 g/mol. The lowest BCUT2D eigenvalue weighted by molar-refractivity contribution is 0.0696. The molecule has 0 aliphatic heterocycles. The van der Waals surface area contributed by atoms with Gasteiger partial charge in [-0.3, -0.25) is 4.21 Å². The van der Waals surface area contributed by atoms with Gasteiger partial charge in [0.2, 0.25) is 10.0 Å². The fourth-order valence-corrected chi connectivity index (χ4v) is 3.59. The van der Waals surface area contributed by atoms with Gasteiger partial charge in [-0.05, 0) is 31.0 Å². The van der Waals surface area contributed by atoms with Crippen molar-refractivity contribution in [1.82, 2.24) is 4.72 Å². The Balaban J connectivity index is 2.90. The summed E-state index contributed by atoms with van der Waals surface area (Å²) in [7, 11) is -4.72. The van der Waals surface area contributed by atoms with Crippen LogP contribution in [0.15, 0.2) is 23.1 Å². The maximum absolute atomic E-state index is 12.1. The van der Waals surface area contributed by atoms with Crippen molar-refractivity contribution in [2.75, 3.05) is 18.6 Å². The molecule has 0 aliphatic carbocycles. The van der Waals surface area contributed by atoms with E-state index < -0.39 is 26.8 Å². The second kappa shape index (κ2) is 6.96. The standard InChI is InChI=1S/C12H17NO5S2/c1-9-10(12(14)15)5-3-6-11(9)20(17,18)13-7-4-8-19(2)16/h3,5-6,13H,4,7-8H2,1-2H3,(H,14,15). The maximum atomic E-state index is 12.1. The number of carboxylic acids is 1. The van der Waals surface area contributed by atoms with Crippen molar-refractivity contribution in [2.45, 2.75) is 18.2 Å². The van der Waals surface area contributed by atoms with E-state index in [4.69, 9.17) is 5.11 Å². The topological polar surface area (TPSA) is 101 Å². The van der Waals surface area contributed by atoms with Gasteiger partial charge in [-0.2, -0.15) is 0 Å². The summed E-state index contributed by atoms with van der Waals surface area (Å²) >= 11 is 0. The molecule has 1 rings (SSSR count). The van der Waals surface area contributed by atoms with E-state index in [2.05, 4.69) is 4.72 Å². The number of carboxylic acid groups (broad SMARTS) is 1. The summed E-state index contributed by atoms with van der Waals surface area (Å²) < 4.78 is 37.4. The largest absolute Gasteiger partial charge is 0.478 e. The molecule has 8 heteroatoms. The molecule has 0 bridgehead atoms. The molecule has 0 heterocycles. The predicted octanol–water partition coefficient (Wildman–Crippen LogP) is 0.740. The smallest absolute Gasteiger partial charge is 0.335 e. The van der Waals surface area contributed by atoms with E-state index in [0.717, 1.165) is 0 Å². The van der Waals surface area contributed by atoms with Gasteiger partial charge in [-0.15, -0.1) is 0 Å². The second-order valence-corrected chi connectivity index (χ2v) is 7.55. The van der Waals surface area contributed by atoms with Crippen molar-refractivity contribution in [3.63, 3.8) is 0 Å². The van der Waals surface area contributed by atoms with E-state index >= 15 is 0 Å². The average Bonchev–Trinajstić information content (AvgIpc) is 2.34. The number of benzene rings is 1. The van der Waals surface area contributed by atoms with Gasteiger partial charge in [-0.25, -0.2) is 17.9 Å². The van der Waals surface area contributed by atoms with Crippen LogP contribution in [-0.2, 0) is 20.8 Å². The summed E-state index contributed by atoms with van der Waals surface area (Å²) in [6.45, 7) is 1.62. The first-order valence-corrected chi connectivity index (χ1v) is 9.09. The number of hydrogen-bond donors (Lipinski definition) is 2. The fourth-order valence-electron chi connectivity index (χ4n) is 1.70. The van der Waals surface area contributed by atoms with Gasteiger partial charge in [-0.1, -0.05) is 6.07 Å². The molecule has 1 aromatic carbocycles. The van der Waals surface area contributed by atoms with Gasteiger partial charge in [0, 0.05) is 29.4 Å². The van der Waals surface area contributed by atoms with Crippen molar-refractivity contribution in [3.05, 3.63) is 29.3 Å². The molecule has 6 nitrogen and oxygen atoms in total. The highest BCUT2D eigenvalue weighted by Gasteiger charge is 2.20. The van der Waals surface area contributed by atoms with Gasteiger partial charge < -0.3 is 5.11 Å². The molecule has 0 spiro atoms. The molecular formula is C12H17NO5S2. The monoisotopic (exact) mass is 319 g/mol. The molecule has 2 N–H and O–H groups in total. The Morgan fingerprint density at radius 3 is 2.60 bits per heavy atom. The third-order valence-corrected chi connectivity index (χ3v) is 5.17. The summed E-state index contributed by atoms with van der Waals surface area (Å²) in [5, 5.41) is 8.98. The van der Waals surface area contributed by atoms with Crippen molar-refractivity contribution < 1.29 is 22.5 Å². The summed E-state index contributed by atoms with van der Waals surface area (Å²) in [6.07, 6.45) is 2.01. The summed E-state index contributed by atoms with van der Waals surface area (Å²) in [5.74, 6) is -0.752. The van der Waals surface area contributed by atoms with Crippen LogP contribution in [0.1, 0.15) is 22.3 Å². The maximum Gasteiger partial charge on any atom is 0.335 e. The highest BCUT2D eigenvalue weighted by Crippen LogP contribution is 2.18. The minimum atomic E-state index is -3.76. The Kier molecular flexibility index (Phi) is 5.85. The summed E-state index contributed by atoms with van der Waals surface area (Å²) in [6, 6.07) is 4.12. The van der Waals surface area contributed by atoms with Crippen LogP contribution in [0.5, 0.6) is 0 Å². The van der Waals surface area contributed by atoms with Gasteiger partial charge in [0.05, 0.1) is 10.5 Å². The Morgan fingerprint density at radius 1 is 1.40 bits per heavy atom. The van der Waals surface area contributed by atoms with E-state index in [1.165, 1.54) is 25.1 Å². The molecule has 1 atom stereocenters. The number of carbonyl (C=O) groups is 1. The second-order valence-electron chi connectivity index (χ2n) is 4.26. The lowest BCUT2D eigenvalue weighted by Crippen LogP contribution is -2.26. The molecule has 0 aliphatic rings. The zero-order chi connectivity index (χ0) is 15.3. The van der Waals surface area contributed by atoms with E-state index in [0.29, 0.717) is 12.2 Å². The number of aromatic carboxylic acids is 1. The first-order valence-electron chi connectivity index (χ1n) is 5.88. The van der Waals surface area contributed by atoms with Crippen LogP contribution >= 0.6 is 0 Å². The zero-order valence-electron chi connectivity index (χ0n) is 11.3. The molecule has 20 heavy (non-hydrogen) atoms. The summed E-state index contributed by atoms with van der Waals surface area (Å²) in [4.78, 5) is 10.9. The van der Waals surface area contributed by atoms with Crippen molar-refractivity contribution in [3.8, 4) is 0 Å². The van der Waals surface area contributed by atoms with Crippen LogP contribution in [0, 0.1) is 6.92 Å². The fraction of sp³-hybridized carbons (Fsp3) is 0.417. The lowest BCUT2D eigenvalue weighted by Gasteiger charge is -2.10. The first kappa shape index (κ1) is 16.8. The minimum Gasteiger partial charge on any atom is -0.478 e. The summed E-state index contributed by atoms with van der Waals surface area (Å²) in [5.41, 5.74) is 0.161. The van der Waals surface area contributed by atoms with Crippen LogP contribution in [0.2, 0.25) is 0 Å². The Hall–Kier alpha value is -1.25. The van der Waals surface area contributed by atoms with Crippen LogP contribution < -0.4 is 4.72 Å². The molecule has 112 valence electrons. The van der Waals surface area contributed by atoms with E-state index in [1.54, 1.807) is 6.26 Å². The zero-order valence-corrected chi connectivity index (χ0v) is 12.9. The number of hydrogen-bond acceptors (Lipinski definition) is 4. The number of nitrogens with one attached hydrogen (secondary N) is 1. The van der Waals surface area contributed by atoms with E-state index in [-0.39, 0.29) is 22.6 Å². The van der Waals surface area contributed by atoms with Crippen LogP contribution in [0.4, 0.5) is 0 Å². The van der Waals surface area contributed by atoms with Gasteiger partial charge in [0.25, 0.3) is 0 Å².